The molecule has 274 valence electrons. The third-order valence-electron chi connectivity index (χ3n) is 8.95. The lowest BCUT2D eigenvalue weighted by Crippen LogP contribution is -2.53. The van der Waals surface area contributed by atoms with Crippen LogP contribution in [0.25, 0.3) is 10.8 Å². The summed E-state index contributed by atoms with van der Waals surface area (Å²) < 4.78 is 29.4. The number of benzene rings is 4. The van der Waals surface area contributed by atoms with Crippen molar-refractivity contribution < 1.29 is 48.8 Å². The molecule has 3 N–H and O–H groups in total. The second kappa shape index (κ2) is 19.4. The van der Waals surface area contributed by atoms with Crippen LogP contribution in [0.1, 0.15) is 48.3 Å². The van der Waals surface area contributed by atoms with E-state index in [9.17, 15) is 9.90 Å². The summed E-state index contributed by atoms with van der Waals surface area (Å²) in [7, 11) is 3.29. The van der Waals surface area contributed by atoms with Gasteiger partial charge in [-0.1, -0.05) is 54.6 Å². The zero-order chi connectivity index (χ0) is 36.0. The van der Waals surface area contributed by atoms with Crippen molar-refractivity contribution in [2.75, 3.05) is 47.1 Å². The number of hydrogen-bond donors (Lipinski definition) is 3. The van der Waals surface area contributed by atoms with Crippen LogP contribution >= 0.6 is 0 Å². The fourth-order valence-electron chi connectivity index (χ4n) is 6.40. The lowest BCUT2D eigenvalue weighted by Gasteiger charge is -2.42. The molecule has 3 atom stereocenters. The summed E-state index contributed by atoms with van der Waals surface area (Å²) in [5.74, 6) is 1.76. The van der Waals surface area contributed by atoms with Gasteiger partial charge >= 0.3 is 0 Å². The first-order valence-electron chi connectivity index (χ1n) is 17.2. The molecule has 5 rings (SSSR count). The molecule has 1 amide bonds. The van der Waals surface area contributed by atoms with Crippen molar-refractivity contribution in [2.24, 2.45) is 0 Å². The quantitative estimate of drug-likeness (QED) is 0.0795. The van der Waals surface area contributed by atoms with Crippen molar-refractivity contribution in [1.29, 1.82) is 0 Å². The molecule has 4 aromatic rings. The molecule has 0 spiro atoms. The number of aliphatic hydroxyl groups is 1. The number of amides is 1. The highest BCUT2D eigenvalue weighted by atomic mass is 17.1. The van der Waals surface area contributed by atoms with E-state index in [0.717, 1.165) is 39.0 Å². The number of rotatable bonds is 19. The third kappa shape index (κ3) is 10.9. The maximum absolute atomic E-state index is 13.2. The van der Waals surface area contributed by atoms with Crippen LogP contribution in [0.2, 0.25) is 0 Å². The topological polar surface area (TPSA) is 140 Å². The number of para-hydroxylation sites is 1. The van der Waals surface area contributed by atoms with Crippen molar-refractivity contribution in [3.8, 4) is 17.2 Å². The van der Waals surface area contributed by atoms with Crippen molar-refractivity contribution in [2.45, 2.75) is 57.0 Å². The van der Waals surface area contributed by atoms with E-state index in [4.69, 9.17) is 34.1 Å². The standard InChI is InChI=1S/C39H48N2O10/c1-46-35-13-6-4-11-31(35)27-48-19-9-20-49-32-17-15-29(16-18-32)39-34(42)24-40(38(43)14-7-8-21-51-41(44)45)25-37(39)50-26-28-22-30-10-3-5-12-33(30)36(23-28)47-2/h3-6,10-13,15-18,22-23,34,37,39,42,44-45H,7-9,14,19-21,24-27H2,1-2H3. The zero-order valence-electron chi connectivity index (χ0n) is 29.2. The Hall–Kier alpha value is -4.27. The maximum Gasteiger partial charge on any atom is 0.222 e. The lowest BCUT2D eigenvalue weighted by atomic mass is 9.84. The van der Waals surface area contributed by atoms with E-state index in [1.54, 1.807) is 19.1 Å². The number of hydrogen-bond acceptors (Lipinski definition) is 11. The number of nitrogens with zero attached hydrogens (tertiary/aromatic N) is 2. The van der Waals surface area contributed by atoms with Gasteiger partial charge in [-0.05, 0) is 59.7 Å². The summed E-state index contributed by atoms with van der Waals surface area (Å²) in [6.45, 7) is 2.27. The third-order valence-corrected chi connectivity index (χ3v) is 8.95. The van der Waals surface area contributed by atoms with Crippen LogP contribution in [0.4, 0.5) is 0 Å². The Kier molecular flexibility index (Phi) is 14.4. The average Bonchev–Trinajstić information content (AvgIpc) is 3.14. The van der Waals surface area contributed by atoms with Gasteiger partial charge in [-0.2, -0.15) is 0 Å². The first-order valence-corrected chi connectivity index (χ1v) is 17.2. The Morgan fingerprint density at radius 2 is 1.59 bits per heavy atom. The van der Waals surface area contributed by atoms with Crippen molar-refractivity contribution >= 4 is 16.7 Å². The van der Waals surface area contributed by atoms with Gasteiger partial charge in [0.25, 0.3) is 0 Å². The molecule has 0 saturated carbocycles. The molecule has 1 aliphatic heterocycles. The summed E-state index contributed by atoms with van der Waals surface area (Å²) in [6.07, 6.45) is 0.515. The van der Waals surface area contributed by atoms with E-state index in [1.807, 2.05) is 78.9 Å². The number of β-amino-alcohol motifs (C(OH)–C–C–N with tert-alkyl or cyclic N) is 1. The fourth-order valence-corrected chi connectivity index (χ4v) is 6.40. The number of aliphatic hydroxyl groups excluding tert-OH is 1. The predicted octanol–water partition coefficient (Wildman–Crippen LogP) is 5.90. The van der Waals surface area contributed by atoms with Crippen LogP contribution < -0.4 is 14.2 Å². The second-order valence-electron chi connectivity index (χ2n) is 12.4. The molecule has 0 bridgehead atoms. The number of likely N-dealkylation sites (tertiary alicyclic amines) is 1. The van der Waals surface area contributed by atoms with E-state index in [0.29, 0.717) is 51.4 Å². The molecule has 0 aromatic heterocycles. The Labute approximate surface area is 298 Å². The Bertz CT molecular complexity index is 1670. The van der Waals surface area contributed by atoms with Crippen LogP contribution in [0.3, 0.4) is 0 Å². The fraction of sp³-hybridized carbons (Fsp3) is 0.410. The van der Waals surface area contributed by atoms with Gasteiger partial charge < -0.3 is 33.7 Å². The van der Waals surface area contributed by atoms with Gasteiger partial charge in [0.15, 0.2) is 0 Å². The summed E-state index contributed by atoms with van der Waals surface area (Å²) in [4.78, 5) is 19.4. The average molecular weight is 705 g/mol. The molecule has 4 aromatic carbocycles. The molecular weight excluding hydrogens is 656 g/mol. The number of unbranched alkanes of at least 4 members (excludes halogenated alkanes) is 1. The van der Waals surface area contributed by atoms with Crippen molar-refractivity contribution in [3.05, 3.63) is 102 Å². The summed E-state index contributed by atoms with van der Waals surface area (Å²) in [5, 5.41) is 30.6. The van der Waals surface area contributed by atoms with Crippen molar-refractivity contribution in [1.82, 2.24) is 10.3 Å². The van der Waals surface area contributed by atoms with Crippen LogP contribution in [0, 0.1) is 0 Å². The van der Waals surface area contributed by atoms with Crippen LogP contribution in [0.15, 0.2) is 84.9 Å². The number of methoxy groups -OCH3 is 2. The van der Waals surface area contributed by atoms with E-state index in [1.165, 1.54) is 0 Å². The number of ether oxygens (including phenoxy) is 5. The normalized spacial score (nSPS) is 17.5. The molecule has 12 heteroatoms. The molecule has 1 fully saturated rings. The molecule has 3 unspecified atom stereocenters. The minimum atomic E-state index is -0.869. The molecule has 51 heavy (non-hydrogen) atoms. The van der Waals surface area contributed by atoms with Gasteiger partial charge in [0.2, 0.25) is 5.91 Å². The molecular formula is C39H48N2O10. The number of piperidine rings is 1. The van der Waals surface area contributed by atoms with Crippen LogP contribution in [-0.4, -0.2) is 91.1 Å². The molecule has 1 saturated heterocycles. The predicted molar refractivity (Wildman–Crippen MR) is 189 cm³/mol. The summed E-state index contributed by atoms with van der Waals surface area (Å²) >= 11 is 0. The van der Waals surface area contributed by atoms with E-state index in [-0.39, 0.29) is 43.4 Å². The van der Waals surface area contributed by atoms with Gasteiger partial charge in [0.05, 0.1) is 64.9 Å². The summed E-state index contributed by atoms with van der Waals surface area (Å²) in [5.41, 5.74) is 2.80. The molecule has 0 aliphatic carbocycles. The SMILES string of the molecule is COc1ccccc1COCCCOc1ccc(C2C(O)CN(C(=O)CCCCON(O)O)CC2OCc2cc(OC)c3ccccc3c2)cc1. The number of fused-ring (bicyclic) bond motifs is 1. The first kappa shape index (κ1) is 38.0. The minimum Gasteiger partial charge on any atom is -0.496 e. The monoisotopic (exact) mass is 704 g/mol. The largest absolute Gasteiger partial charge is 0.496 e. The van der Waals surface area contributed by atoms with Gasteiger partial charge in [-0.25, -0.2) is 0 Å². The Morgan fingerprint density at radius 1 is 0.824 bits per heavy atom. The van der Waals surface area contributed by atoms with Gasteiger partial charge in [0, 0.05) is 42.8 Å². The minimum absolute atomic E-state index is 0.0589. The highest BCUT2D eigenvalue weighted by Gasteiger charge is 2.39. The van der Waals surface area contributed by atoms with Crippen LogP contribution in [-0.2, 0) is 32.3 Å². The van der Waals surface area contributed by atoms with Gasteiger partial charge in [-0.3, -0.25) is 20.0 Å². The highest BCUT2D eigenvalue weighted by molar-refractivity contribution is 5.89. The summed E-state index contributed by atoms with van der Waals surface area (Å²) in [6, 6.07) is 27.5. The Balaban J connectivity index is 1.21. The number of carbonyl (C=O) groups is 1. The first-order chi connectivity index (χ1) is 24.9. The van der Waals surface area contributed by atoms with E-state index < -0.39 is 12.2 Å². The van der Waals surface area contributed by atoms with Gasteiger partial charge in [-0.15, -0.1) is 0 Å². The van der Waals surface area contributed by atoms with E-state index >= 15 is 0 Å². The lowest BCUT2D eigenvalue weighted by molar-refractivity contribution is -0.492. The smallest absolute Gasteiger partial charge is 0.222 e. The number of carbonyl (C=O) groups excluding carboxylic acids is 1. The zero-order valence-corrected chi connectivity index (χ0v) is 29.2. The second-order valence-corrected chi connectivity index (χ2v) is 12.4. The van der Waals surface area contributed by atoms with Crippen molar-refractivity contribution in [3.63, 3.8) is 0 Å². The molecule has 0 radical (unpaired) electrons. The van der Waals surface area contributed by atoms with Gasteiger partial charge in [0.1, 0.15) is 17.2 Å². The Morgan fingerprint density at radius 3 is 2.37 bits per heavy atom. The highest BCUT2D eigenvalue weighted by Crippen LogP contribution is 2.34. The maximum atomic E-state index is 13.2. The molecule has 1 aliphatic rings. The molecule has 12 nitrogen and oxygen atoms in total. The van der Waals surface area contributed by atoms with E-state index in [2.05, 4.69) is 10.9 Å². The van der Waals surface area contributed by atoms with Crippen LogP contribution in [0.5, 0.6) is 17.2 Å². The molecule has 1 heterocycles.